The molecular weight excluding hydrogens is 389 g/mol. The Morgan fingerprint density at radius 1 is 1.10 bits per heavy atom. The number of amides is 1. The molecule has 3 aromatic heterocycles. The van der Waals surface area contributed by atoms with E-state index in [1.165, 1.54) is 29.6 Å². The van der Waals surface area contributed by atoms with Gasteiger partial charge in [0.1, 0.15) is 17.2 Å². The van der Waals surface area contributed by atoms with Crippen LogP contribution in [0, 0.1) is 12.7 Å². The van der Waals surface area contributed by atoms with Gasteiger partial charge in [-0.25, -0.2) is 9.07 Å². The van der Waals surface area contributed by atoms with Crippen LogP contribution in [0.25, 0.3) is 16.9 Å². The summed E-state index contributed by atoms with van der Waals surface area (Å²) in [5.41, 5.74) is 8.49. The van der Waals surface area contributed by atoms with E-state index in [4.69, 9.17) is 5.73 Å². The third-order valence-corrected chi connectivity index (χ3v) is 5.20. The van der Waals surface area contributed by atoms with Crippen molar-refractivity contribution >= 4 is 17.7 Å². The zero-order valence-corrected chi connectivity index (χ0v) is 16.2. The Kier molecular flexibility index (Phi) is 5.09. The minimum Gasteiger partial charge on any atom is -0.364 e. The Labute approximate surface area is 170 Å². The van der Waals surface area contributed by atoms with Gasteiger partial charge < -0.3 is 5.73 Å². The summed E-state index contributed by atoms with van der Waals surface area (Å²) < 4.78 is 15.2. The van der Waals surface area contributed by atoms with Crippen molar-refractivity contribution in [2.24, 2.45) is 5.73 Å². The second-order valence-electron chi connectivity index (χ2n) is 6.36. The average molecular weight is 405 g/mol. The number of nitrogens with two attached hydrogens (primary N) is 1. The van der Waals surface area contributed by atoms with Crippen molar-refractivity contribution in [3.63, 3.8) is 0 Å². The van der Waals surface area contributed by atoms with Crippen molar-refractivity contribution in [1.29, 1.82) is 0 Å². The van der Waals surface area contributed by atoms with Gasteiger partial charge in [0, 0.05) is 28.9 Å². The fourth-order valence-electron chi connectivity index (χ4n) is 2.70. The molecule has 0 radical (unpaired) electrons. The third-order valence-electron chi connectivity index (χ3n) is 4.17. The highest BCUT2D eigenvalue weighted by Gasteiger charge is 2.15. The number of halogens is 1. The molecule has 0 atom stereocenters. The van der Waals surface area contributed by atoms with E-state index in [0.29, 0.717) is 16.9 Å². The molecule has 4 aromatic rings. The quantitative estimate of drug-likeness (QED) is 0.542. The minimum absolute atomic E-state index is 0.176. The molecule has 0 fully saturated rings. The number of carbonyl (C=O) groups excluding carboxylic acids is 1. The fraction of sp³-hybridized carbons (Fsp3) is 0.0476. The van der Waals surface area contributed by atoms with Gasteiger partial charge in [-0.1, -0.05) is 29.5 Å². The number of aryl methyl sites for hydroxylation is 1. The Morgan fingerprint density at radius 3 is 2.55 bits per heavy atom. The van der Waals surface area contributed by atoms with E-state index in [0.717, 1.165) is 16.0 Å². The number of nitrogens with zero attached hydrogens (tertiary/aromatic N) is 4. The molecule has 0 aliphatic heterocycles. The lowest BCUT2D eigenvalue weighted by Crippen LogP contribution is -2.12. The normalized spacial score (nSPS) is 10.8. The summed E-state index contributed by atoms with van der Waals surface area (Å²) in [6.45, 7) is 2.03. The Morgan fingerprint density at radius 2 is 1.90 bits per heavy atom. The van der Waals surface area contributed by atoms with Crippen molar-refractivity contribution in [3.05, 3.63) is 84.3 Å². The maximum Gasteiger partial charge on any atom is 0.267 e. The zero-order chi connectivity index (χ0) is 20.4. The molecule has 0 unspecified atom stereocenters. The zero-order valence-electron chi connectivity index (χ0n) is 15.4. The van der Waals surface area contributed by atoms with E-state index in [1.807, 2.05) is 37.4 Å². The fourth-order valence-corrected chi connectivity index (χ4v) is 3.64. The molecule has 0 bridgehead atoms. The van der Waals surface area contributed by atoms with Crippen LogP contribution < -0.4 is 5.73 Å². The summed E-state index contributed by atoms with van der Waals surface area (Å²) in [5, 5.41) is 4.61. The molecule has 144 valence electrons. The van der Waals surface area contributed by atoms with Crippen LogP contribution in [0.3, 0.4) is 0 Å². The third kappa shape index (κ3) is 4.17. The van der Waals surface area contributed by atoms with Crippen LogP contribution in [-0.4, -0.2) is 25.7 Å². The molecule has 0 saturated carbocycles. The lowest BCUT2D eigenvalue weighted by Gasteiger charge is -2.03. The molecule has 0 saturated heterocycles. The molecule has 8 heteroatoms. The second kappa shape index (κ2) is 7.84. The molecule has 0 aliphatic rings. The van der Waals surface area contributed by atoms with Crippen molar-refractivity contribution < 1.29 is 9.18 Å². The van der Waals surface area contributed by atoms with Crippen LogP contribution in [0.5, 0.6) is 0 Å². The maximum atomic E-state index is 13.6. The predicted octanol–water partition coefficient (Wildman–Crippen LogP) is 4.03. The number of hydrogen-bond acceptors (Lipinski definition) is 5. The number of carbonyl (C=O) groups is 1. The topological polar surface area (TPSA) is 86.7 Å². The number of aromatic nitrogens is 4. The Bertz CT molecular complexity index is 1170. The van der Waals surface area contributed by atoms with Gasteiger partial charge in [0.2, 0.25) is 0 Å². The Balaban J connectivity index is 1.78. The lowest BCUT2D eigenvalue weighted by atomic mass is 10.2. The van der Waals surface area contributed by atoms with Gasteiger partial charge in [-0.05, 0) is 31.2 Å². The predicted molar refractivity (Wildman–Crippen MR) is 108 cm³/mol. The molecule has 2 N–H and O–H groups in total. The number of primary amides is 1. The maximum absolute atomic E-state index is 13.6. The lowest BCUT2D eigenvalue weighted by molar-refractivity contribution is 0.0995. The highest BCUT2D eigenvalue weighted by Crippen LogP contribution is 2.36. The van der Waals surface area contributed by atoms with Gasteiger partial charge in [0.25, 0.3) is 5.91 Å². The first-order chi connectivity index (χ1) is 14.0. The molecule has 4 rings (SSSR count). The largest absolute Gasteiger partial charge is 0.364 e. The van der Waals surface area contributed by atoms with E-state index in [1.54, 1.807) is 23.0 Å². The van der Waals surface area contributed by atoms with Crippen LogP contribution in [0.1, 0.15) is 16.1 Å². The van der Waals surface area contributed by atoms with Gasteiger partial charge in [-0.3, -0.25) is 14.8 Å². The van der Waals surface area contributed by atoms with Crippen LogP contribution in [0.4, 0.5) is 4.39 Å². The van der Waals surface area contributed by atoms with Gasteiger partial charge in [-0.15, -0.1) is 0 Å². The molecule has 0 aliphatic carbocycles. The monoisotopic (exact) mass is 405 g/mol. The van der Waals surface area contributed by atoms with Gasteiger partial charge in [0.05, 0.1) is 23.0 Å². The van der Waals surface area contributed by atoms with E-state index in [9.17, 15) is 9.18 Å². The highest BCUT2D eigenvalue weighted by molar-refractivity contribution is 7.99. The van der Waals surface area contributed by atoms with Crippen LogP contribution in [0.2, 0.25) is 0 Å². The van der Waals surface area contributed by atoms with Crippen LogP contribution in [0.15, 0.2) is 77.0 Å². The second-order valence-corrected chi connectivity index (χ2v) is 7.47. The standard InChI is InChI=1S/C21H16FN5OS/c1-13-2-5-17(6-3-13)29-19-12-27(16-8-15(22)10-24-11-16)26-20(19)14-4-7-18(21(23)28)25-9-14/h2-12H,1H3,(H2,23,28). The average Bonchev–Trinajstić information content (AvgIpc) is 3.13. The van der Waals surface area contributed by atoms with Crippen molar-refractivity contribution in [3.8, 4) is 16.9 Å². The number of rotatable bonds is 5. The molecule has 1 aromatic carbocycles. The Hall–Kier alpha value is -3.52. The summed E-state index contributed by atoms with van der Waals surface area (Å²) in [4.78, 5) is 21.2. The summed E-state index contributed by atoms with van der Waals surface area (Å²) in [7, 11) is 0. The summed E-state index contributed by atoms with van der Waals surface area (Å²) >= 11 is 1.53. The van der Waals surface area contributed by atoms with Crippen molar-refractivity contribution in [2.45, 2.75) is 16.7 Å². The molecule has 1 amide bonds. The number of benzene rings is 1. The van der Waals surface area contributed by atoms with Gasteiger partial charge in [-0.2, -0.15) is 5.10 Å². The molecule has 6 nitrogen and oxygen atoms in total. The molecule has 3 heterocycles. The van der Waals surface area contributed by atoms with Crippen molar-refractivity contribution in [2.75, 3.05) is 0 Å². The van der Waals surface area contributed by atoms with Crippen LogP contribution >= 0.6 is 11.8 Å². The van der Waals surface area contributed by atoms with E-state index < -0.39 is 11.7 Å². The first kappa shape index (κ1) is 18.8. The smallest absolute Gasteiger partial charge is 0.267 e. The van der Waals surface area contributed by atoms with E-state index in [-0.39, 0.29) is 5.69 Å². The van der Waals surface area contributed by atoms with Crippen molar-refractivity contribution in [1.82, 2.24) is 19.7 Å². The van der Waals surface area contributed by atoms with Gasteiger partial charge >= 0.3 is 0 Å². The first-order valence-electron chi connectivity index (χ1n) is 8.71. The molecule has 0 spiro atoms. The number of pyridine rings is 2. The number of hydrogen-bond donors (Lipinski definition) is 1. The summed E-state index contributed by atoms with van der Waals surface area (Å²) in [6, 6.07) is 12.8. The minimum atomic E-state index is -0.595. The summed E-state index contributed by atoms with van der Waals surface area (Å²) in [5.74, 6) is -1.04. The first-order valence-corrected chi connectivity index (χ1v) is 9.52. The molecular formula is C21H16FN5OS. The summed E-state index contributed by atoms with van der Waals surface area (Å²) in [6.07, 6.45) is 6.05. The van der Waals surface area contributed by atoms with E-state index >= 15 is 0 Å². The van der Waals surface area contributed by atoms with Crippen LogP contribution in [-0.2, 0) is 0 Å². The SMILES string of the molecule is Cc1ccc(Sc2cn(-c3cncc(F)c3)nc2-c2ccc(C(N)=O)nc2)cc1. The van der Waals surface area contributed by atoms with Gasteiger partial charge in [0.15, 0.2) is 0 Å². The highest BCUT2D eigenvalue weighted by atomic mass is 32.2. The van der Waals surface area contributed by atoms with E-state index in [2.05, 4.69) is 15.1 Å². The molecule has 29 heavy (non-hydrogen) atoms.